The second-order valence-electron chi connectivity index (χ2n) is 14.7. The number of halogens is 1. The average molecular weight is 828 g/mol. The highest BCUT2D eigenvalue weighted by molar-refractivity contribution is 9.10. The van der Waals surface area contributed by atoms with Crippen LogP contribution in [0.15, 0.2) is 162 Å². The van der Waals surface area contributed by atoms with Crippen LogP contribution in [0.2, 0.25) is 0 Å². The van der Waals surface area contributed by atoms with Crippen LogP contribution in [0.5, 0.6) is 0 Å². The highest BCUT2D eigenvalue weighted by Crippen LogP contribution is 2.44. The van der Waals surface area contributed by atoms with Crippen LogP contribution in [0, 0.1) is 6.92 Å². The molecule has 1 aliphatic rings. The van der Waals surface area contributed by atoms with E-state index in [1.54, 1.807) is 0 Å². The fraction of sp³-hybridized carbons (Fsp3) is 0.280. The number of hydrogen-bond donors (Lipinski definition) is 1. The first-order valence-corrected chi connectivity index (χ1v) is 20.5. The summed E-state index contributed by atoms with van der Waals surface area (Å²) in [6, 6.07) is 52.9. The van der Waals surface area contributed by atoms with Crippen LogP contribution in [-0.2, 0) is 68.7 Å². The number of aryl methyl sites for hydroxylation is 2. The van der Waals surface area contributed by atoms with E-state index in [0.717, 1.165) is 44.3 Å². The van der Waals surface area contributed by atoms with E-state index < -0.39 is 30.2 Å². The molecule has 0 unspecified atom stereocenters. The third kappa shape index (κ3) is 10.6. The zero-order chi connectivity index (χ0) is 39.5. The predicted molar refractivity (Wildman–Crippen MR) is 227 cm³/mol. The smallest absolute Gasteiger partial charge is 0.223 e. The van der Waals surface area contributed by atoms with Crippen LogP contribution < -0.4 is 0 Å². The Balaban J connectivity index is 1.31. The molecule has 294 valence electrons. The van der Waals surface area contributed by atoms with Gasteiger partial charge in [-0.1, -0.05) is 168 Å². The molecule has 0 amide bonds. The summed E-state index contributed by atoms with van der Waals surface area (Å²) >= 11 is 3.85. The van der Waals surface area contributed by atoms with Crippen molar-refractivity contribution in [1.82, 2.24) is 0 Å². The summed E-state index contributed by atoms with van der Waals surface area (Å²) in [7, 11) is 0. The zero-order valence-corrected chi connectivity index (χ0v) is 34.2. The lowest BCUT2D eigenvalue weighted by Gasteiger charge is -2.51. The zero-order valence-electron chi connectivity index (χ0n) is 32.6. The van der Waals surface area contributed by atoms with Crippen LogP contribution in [-0.4, -0.2) is 36.1 Å². The van der Waals surface area contributed by atoms with Gasteiger partial charge in [0, 0.05) is 10.0 Å². The van der Waals surface area contributed by atoms with E-state index in [0.29, 0.717) is 25.2 Å². The van der Waals surface area contributed by atoms with Gasteiger partial charge in [0.15, 0.2) is 0 Å². The maximum Gasteiger partial charge on any atom is 0.223 e. The lowest BCUT2D eigenvalue weighted by atomic mass is 9.84. The average Bonchev–Trinajstić information content (AvgIpc) is 3.25. The molecule has 1 saturated heterocycles. The van der Waals surface area contributed by atoms with E-state index in [4.69, 9.17) is 23.7 Å². The molecule has 1 N–H and O–H groups in total. The van der Waals surface area contributed by atoms with Crippen LogP contribution in [0.3, 0.4) is 0 Å². The van der Waals surface area contributed by atoms with Crippen molar-refractivity contribution in [3.8, 4) is 0 Å². The summed E-state index contributed by atoms with van der Waals surface area (Å²) in [5, 5.41) is 13.4. The Kier molecular flexibility index (Phi) is 14.2. The number of ether oxygens (including phenoxy) is 5. The highest BCUT2D eigenvalue weighted by Gasteiger charge is 2.57. The molecule has 7 heteroatoms. The van der Waals surface area contributed by atoms with E-state index in [2.05, 4.69) is 53.2 Å². The van der Waals surface area contributed by atoms with Crippen LogP contribution in [0.4, 0.5) is 0 Å². The summed E-state index contributed by atoms with van der Waals surface area (Å²) in [6.07, 6.45) is -1.58. The van der Waals surface area contributed by atoms with E-state index in [-0.39, 0.29) is 19.8 Å². The van der Waals surface area contributed by atoms with Gasteiger partial charge in [-0.05, 0) is 76.4 Å². The Morgan fingerprint density at radius 3 is 1.58 bits per heavy atom. The van der Waals surface area contributed by atoms with Crippen molar-refractivity contribution in [2.75, 3.05) is 6.61 Å². The second kappa shape index (κ2) is 19.8. The molecule has 5 atom stereocenters. The summed E-state index contributed by atoms with van der Waals surface area (Å²) in [6.45, 7) is 5.45. The summed E-state index contributed by atoms with van der Waals surface area (Å²) in [4.78, 5) is 0. The number of benzene rings is 6. The monoisotopic (exact) mass is 826 g/mol. The third-order valence-corrected chi connectivity index (χ3v) is 11.3. The number of hydrogen-bond acceptors (Lipinski definition) is 6. The molecule has 6 aromatic rings. The predicted octanol–water partition coefficient (Wildman–Crippen LogP) is 10.4. The minimum atomic E-state index is -1.96. The van der Waals surface area contributed by atoms with Gasteiger partial charge in [0.05, 0.1) is 33.0 Å². The number of rotatable bonds is 17. The Morgan fingerprint density at radius 2 is 1.05 bits per heavy atom. The Hall–Kier alpha value is -4.44. The van der Waals surface area contributed by atoms with Gasteiger partial charge in [-0.3, -0.25) is 0 Å². The van der Waals surface area contributed by atoms with Gasteiger partial charge >= 0.3 is 0 Å². The molecule has 6 aromatic carbocycles. The molecule has 0 radical (unpaired) electrons. The Bertz CT molecular complexity index is 2110. The fourth-order valence-corrected chi connectivity index (χ4v) is 8.02. The van der Waals surface area contributed by atoms with Gasteiger partial charge < -0.3 is 28.8 Å². The normalized spacial score (nSPS) is 20.7. The molecular formula is C50H51BrO6. The van der Waals surface area contributed by atoms with Gasteiger partial charge in [-0.25, -0.2) is 0 Å². The minimum Gasteiger partial charge on any atom is -0.374 e. The van der Waals surface area contributed by atoms with E-state index in [9.17, 15) is 5.11 Å². The van der Waals surface area contributed by atoms with E-state index >= 15 is 0 Å². The van der Waals surface area contributed by atoms with E-state index in [1.165, 1.54) is 11.1 Å². The van der Waals surface area contributed by atoms with Crippen molar-refractivity contribution in [1.29, 1.82) is 0 Å². The molecule has 1 fully saturated rings. The molecule has 0 aliphatic carbocycles. The van der Waals surface area contributed by atoms with Crippen molar-refractivity contribution in [3.05, 3.63) is 212 Å². The van der Waals surface area contributed by atoms with Crippen molar-refractivity contribution < 1.29 is 28.8 Å². The first kappa shape index (κ1) is 40.7. The molecule has 0 saturated carbocycles. The lowest BCUT2D eigenvalue weighted by Crippen LogP contribution is -2.65. The standard InChI is InChI=1S/C50H51BrO6/c1-3-37-24-26-38(27-25-37)29-43-30-44(36(2)28-45(43)51)50(52)49(56-34-42-22-14-7-15-23-42)48(55-33-41-20-12-6-13-21-41)47(54-32-40-18-10-5-11-19-40)46(57-50)35-53-31-39-16-8-4-9-17-39/h4-28,30,46-49,52H,3,29,31-35H2,1-2H3/t46-,47-,48+,49-,50+/m1/s1. The number of aliphatic hydroxyl groups is 1. The lowest BCUT2D eigenvalue weighted by molar-refractivity contribution is -0.378. The molecule has 0 bridgehead atoms. The molecule has 6 nitrogen and oxygen atoms in total. The van der Waals surface area contributed by atoms with E-state index in [1.807, 2.05) is 134 Å². The maximum atomic E-state index is 13.4. The molecular weight excluding hydrogens is 776 g/mol. The summed E-state index contributed by atoms with van der Waals surface area (Å²) in [5.74, 6) is -1.96. The fourth-order valence-electron chi connectivity index (χ4n) is 7.42. The van der Waals surface area contributed by atoms with Gasteiger partial charge in [-0.2, -0.15) is 0 Å². The molecule has 0 spiro atoms. The van der Waals surface area contributed by atoms with Crippen LogP contribution >= 0.6 is 15.9 Å². The van der Waals surface area contributed by atoms with Gasteiger partial charge in [0.25, 0.3) is 0 Å². The van der Waals surface area contributed by atoms with Gasteiger partial charge in [0.2, 0.25) is 5.79 Å². The summed E-state index contributed by atoms with van der Waals surface area (Å²) < 4.78 is 35.0. The molecule has 1 aliphatic heterocycles. The first-order valence-electron chi connectivity index (χ1n) is 19.8. The SMILES string of the molecule is CCc1ccc(Cc2cc([C@]3(O)O[C@H](COCc4ccccc4)[C@@H](OCc4ccccc4)[C@H](OCc4ccccc4)[C@H]3OCc3ccccc3)c(C)cc2Br)cc1. The second-order valence-corrected chi connectivity index (χ2v) is 15.6. The Morgan fingerprint density at radius 1 is 0.579 bits per heavy atom. The van der Waals surface area contributed by atoms with Gasteiger partial charge in [0.1, 0.15) is 24.4 Å². The molecule has 57 heavy (non-hydrogen) atoms. The van der Waals surface area contributed by atoms with Crippen LogP contribution in [0.1, 0.15) is 57.0 Å². The molecule has 7 rings (SSSR count). The third-order valence-electron chi connectivity index (χ3n) is 10.5. The van der Waals surface area contributed by atoms with Gasteiger partial charge in [-0.15, -0.1) is 0 Å². The van der Waals surface area contributed by atoms with Crippen molar-refractivity contribution in [3.63, 3.8) is 0 Å². The summed E-state index contributed by atoms with van der Waals surface area (Å²) in [5.41, 5.74) is 8.91. The highest BCUT2D eigenvalue weighted by atomic mass is 79.9. The molecule has 1 heterocycles. The molecule has 0 aromatic heterocycles. The largest absolute Gasteiger partial charge is 0.374 e. The van der Waals surface area contributed by atoms with Crippen molar-refractivity contribution in [2.45, 2.75) is 83.3 Å². The maximum absolute atomic E-state index is 13.4. The minimum absolute atomic E-state index is 0.138. The van der Waals surface area contributed by atoms with Crippen molar-refractivity contribution >= 4 is 15.9 Å². The van der Waals surface area contributed by atoms with Crippen LogP contribution in [0.25, 0.3) is 0 Å². The topological polar surface area (TPSA) is 66.4 Å². The first-order chi connectivity index (χ1) is 27.9. The van der Waals surface area contributed by atoms with Crippen molar-refractivity contribution in [2.24, 2.45) is 0 Å². The quantitative estimate of drug-likeness (QED) is 0.0988. The Labute approximate surface area is 345 Å².